The van der Waals surface area contributed by atoms with Crippen molar-refractivity contribution in [3.05, 3.63) is 107 Å². The van der Waals surface area contributed by atoms with E-state index in [1.807, 2.05) is 0 Å². The van der Waals surface area contributed by atoms with Crippen LogP contribution in [0.15, 0.2) is 89.8 Å². The Morgan fingerprint density at radius 1 is 0.838 bits per heavy atom. The van der Waals surface area contributed by atoms with Crippen molar-refractivity contribution in [2.24, 2.45) is 0 Å². The van der Waals surface area contributed by atoms with E-state index in [1.165, 1.54) is 30.3 Å². The van der Waals surface area contributed by atoms with Gasteiger partial charge < -0.3 is 15.5 Å². The second-order valence-electron chi connectivity index (χ2n) is 7.82. The van der Waals surface area contributed by atoms with Crippen LogP contribution in [0.4, 0.5) is 15.8 Å². The van der Waals surface area contributed by atoms with Gasteiger partial charge >= 0.3 is 5.97 Å². The highest BCUT2D eigenvalue weighted by Gasteiger charge is 2.17. The van der Waals surface area contributed by atoms with Crippen molar-refractivity contribution in [3.63, 3.8) is 0 Å². The Hall–Kier alpha value is -4.41. The van der Waals surface area contributed by atoms with E-state index in [0.717, 1.165) is 24.3 Å². The van der Waals surface area contributed by atoms with Crippen LogP contribution < -0.4 is 10.0 Å². The molecule has 0 heterocycles. The third-order valence-electron chi connectivity index (χ3n) is 5.30. The first-order chi connectivity index (χ1) is 17.5. The zero-order valence-electron chi connectivity index (χ0n) is 18.8. The van der Waals surface area contributed by atoms with E-state index < -0.39 is 27.7 Å². The van der Waals surface area contributed by atoms with Gasteiger partial charge in [-0.3, -0.25) is 9.52 Å². The molecule has 4 aromatic rings. The van der Waals surface area contributed by atoms with E-state index in [2.05, 4.69) is 10.0 Å². The molecule has 0 aliphatic heterocycles. The van der Waals surface area contributed by atoms with Crippen LogP contribution in [0.3, 0.4) is 0 Å². The van der Waals surface area contributed by atoms with E-state index in [9.17, 15) is 27.5 Å². The smallest absolute Gasteiger partial charge is 0.337 e. The van der Waals surface area contributed by atoms with Crippen LogP contribution >= 0.6 is 11.6 Å². The maximum Gasteiger partial charge on any atom is 0.337 e. The molecule has 8 nitrogen and oxygen atoms in total. The first-order valence-corrected chi connectivity index (χ1v) is 12.5. The van der Waals surface area contributed by atoms with Gasteiger partial charge in [0.05, 0.1) is 21.2 Å². The molecule has 4 N–H and O–H groups in total. The molecule has 1 amide bonds. The molecule has 0 aliphatic rings. The number of halogens is 2. The molecular weight excluding hydrogens is 523 g/mol. The van der Waals surface area contributed by atoms with Crippen LogP contribution in [0.25, 0.3) is 11.1 Å². The molecule has 0 aliphatic carbocycles. The molecule has 0 aromatic heterocycles. The molecule has 37 heavy (non-hydrogen) atoms. The number of carbonyl (C=O) groups excluding carboxylic acids is 1. The molecule has 0 radical (unpaired) electrons. The molecular formula is C26H18ClFN2O6S. The van der Waals surface area contributed by atoms with Crippen LogP contribution in [0.1, 0.15) is 20.7 Å². The average Bonchev–Trinajstić information content (AvgIpc) is 2.86. The topological polar surface area (TPSA) is 133 Å². The van der Waals surface area contributed by atoms with Crippen LogP contribution in [0.5, 0.6) is 5.75 Å². The van der Waals surface area contributed by atoms with Gasteiger partial charge in [0.15, 0.2) is 0 Å². The molecule has 11 heteroatoms. The van der Waals surface area contributed by atoms with Crippen molar-refractivity contribution in [2.75, 3.05) is 10.0 Å². The van der Waals surface area contributed by atoms with Gasteiger partial charge in [-0.05, 0) is 77.9 Å². The van der Waals surface area contributed by atoms with E-state index >= 15 is 0 Å². The van der Waals surface area contributed by atoms with Gasteiger partial charge in [-0.1, -0.05) is 29.8 Å². The fourth-order valence-electron chi connectivity index (χ4n) is 3.40. The third kappa shape index (κ3) is 5.88. The van der Waals surface area contributed by atoms with Crippen LogP contribution in [0.2, 0.25) is 5.02 Å². The number of hydrogen-bond donors (Lipinski definition) is 4. The number of hydrogen-bond acceptors (Lipinski definition) is 5. The van der Waals surface area contributed by atoms with E-state index in [0.29, 0.717) is 16.7 Å². The van der Waals surface area contributed by atoms with E-state index in [1.54, 1.807) is 30.3 Å². The zero-order chi connectivity index (χ0) is 26.7. The number of carbonyl (C=O) groups is 2. The summed E-state index contributed by atoms with van der Waals surface area (Å²) in [5.41, 5.74) is 1.67. The lowest BCUT2D eigenvalue weighted by atomic mass is 10.0. The van der Waals surface area contributed by atoms with Gasteiger partial charge in [0, 0.05) is 11.3 Å². The first kappa shape index (κ1) is 25.7. The SMILES string of the molecule is O=C(Nc1ccc(O)c(NS(=O)(=O)c2ccc(F)cc2)c1)c1ccc(-c2ccc(C(=O)O)c(Cl)c2)cc1. The number of phenols is 1. The number of nitrogens with one attached hydrogen (secondary N) is 2. The number of sulfonamides is 1. The summed E-state index contributed by atoms with van der Waals surface area (Å²) >= 11 is 6.03. The minimum atomic E-state index is -4.12. The number of rotatable bonds is 7. The molecule has 0 spiro atoms. The number of amides is 1. The quantitative estimate of drug-likeness (QED) is 0.178. The maximum atomic E-state index is 13.1. The lowest BCUT2D eigenvalue weighted by Gasteiger charge is -2.12. The third-order valence-corrected chi connectivity index (χ3v) is 7.00. The lowest BCUT2D eigenvalue weighted by molar-refractivity contribution is 0.0697. The Kier molecular flexibility index (Phi) is 7.14. The van der Waals surface area contributed by atoms with E-state index in [4.69, 9.17) is 16.7 Å². The Balaban J connectivity index is 1.50. The summed E-state index contributed by atoms with van der Waals surface area (Å²) in [6.07, 6.45) is 0. The van der Waals surface area contributed by atoms with Crippen molar-refractivity contribution in [2.45, 2.75) is 4.90 Å². The van der Waals surface area contributed by atoms with Crippen molar-refractivity contribution >= 4 is 44.9 Å². The monoisotopic (exact) mass is 540 g/mol. The Bertz CT molecular complexity index is 1610. The summed E-state index contributed by atoms with van der Waals surface area (Å²) in [4.78, 5) is 23.7. The van der Waals surface area contributed by atoms with Crippen LogP contribution in [-0.4, -0.2) is 30.5 Å². The molecule has 4 aromatic carbocycles. The summed E-state index contributed by atoms with van der Waals surface area (Å²) in [6, 6.07) is 19.0. The summed E-state index contributed by atoms with van der Waals surface area (Å²) in [7, 11) is -4.12. The van der Waals surface area contributed by atoms with Crippen molar-refractivity contribution in [1.82, 2.24) is 0 Å². The normalized spacial score (nSPS) is 11.1. The highest BCUT2D eigenvalue weighted by atomic mass is 35.5. The molecule has 0 bridgehead atoms. The van der Waals surface area contributed by atoms with Crippen molar-refractivity contribution in [1.29, 1.82) is 0 Å². The van der Waals surface area contributed by atoms with Crippen molar-refractivity contribution < 1.29 is 32.6 Å². The first-order valence-electron chi connectivity index (χ1n) is 10.6. The highest BCUT2D eigenvalue weighted by molar-refractivity contribution is 7.92. The average molecular weight is 541 g/mol. The predicted octanol–water partition coefficient (Wildman–Crippen LogP) is 5.60. The zero-order valence-corrected chi connectivity index (χ0v) is 20.3. The van der Waals surface area contributed by atoms with Crippen LogP contribution in [0, 0.1) is 5.82 Å². The molecule has 0 atom stereocenters. The lowest BCUT2D eigenvalue weighted by Crippen LogP contribution is -2.14. The van der Waals surface area contributed by atoms with Gasteiger partial charge in [0.25, 0.3) is 15.9 Å². The number of phenolic OH excluding ortho intramolecular Hbond substituents is 1. The molecule has 0 unspecified atom stereocenters. The fourth-order valence-corrected chi connectivity index (χ4v) is 4.73. The molecule has 0 fully saturated rings. The molecule has 4 rings (SSSR count). The van der Waals surface area contributed by atoms with Crippen molar-refractivity contribution in [3.8, 4) is 16.9 Å². The molecule has 0 saturated carbocycles. The fraction of sp³-hybridized carbons (Fsp3) is 0. The van der Waals surface area contributed by atoms with Gasteiger partial charge in [0.1, 0.15) is 11.6 Å². The minimum absolute atomic E-state index is 0.0189. The second-order valence-corrected chi connectivity index (χ2v) is 9.91. The number of aromatic carboxylic acids is 1. The highest BCUT2D eigenvalue weighted by Crippen LogP contribution is 2.30. The molecule has 188 valence electrons. The number of aromatic hydroxyl groups is 1. The number of carboxylic acid groups (broad SMARTS) is 1. The largest absolute Gasteiger partial charge is 0.506 e. The number of carboxylic acids is 1. The summed E-state index contributed by atoms with van der Waals surface area (Å²) in [6.45, 7) is 0. The summed E-state index contributed by atoms with van der Waals surface area (Å²) in [5, 5.41) is 21.9. The van der Waals surface area contributed by atoms with Gasteiger partial charge in [-0.25, -0.2) is 17.6 Å². The standard InChI is InChI=1S/C26H18ClFN2O6S/c27-22-13-17(5-11-21(22)26(33)34)15-1-3-16(4-2-15)25(32)29-19-8-12-24(31)23(14-19)30-37(35,36)20-9-6-18(28)7-10-20/h1-14,30-31H,(H,29,32)(H,33,34). The Morgan fingerprint density at radius 3 is 2.11 bits per heavy atom. The minimum Gasteiger partial charge on any atom is -0.506 e. The summed E-state index contributed by atoms with van der Waals surface area (Å²) in [5.74, 6) is -2.60. The molecule has 0 saturated heterocycles. The Morgan fingerprint density at radius 2 is 1.49 bits per heavy atom. The number of anilines is 2. The van der Waals surface area contributed by atoms with Gasteiger partial charge in [-0.15, -0.1) is 0 Å². The number of benzene rings is 4. The Labute approximate surface area is 216 Å². The summed E-state index contributed by atoms with van der Waals surface area (Å²) < 4.78 is 40.5. The van der Waals surface area contributed by atoms with E-state index in [-0.39, 0.29) is 32.6 Å². The predicted molar refractivity (Wildman–Crippen MR) is 137 cm³/mol. The van der Waals surface area contributed by atoms with Gasteiger partial charge in [0.2, 0.25) is 0 Å². The second kappa shape index (κ2) is 10.3. The van der Waals surface area contributed by atoms with Crippen LogP contribution in [-0.2, 0) is 10.0 Å². The maximum absolute atomic E-state index is 13.1. The van der Waals surface area contributed by atoms with Gasteiger partial charge in [-0.2, -0.15) is 0 Å².